The van der Waals surface area contributed by atoms with Gasteiger partial charge in [0.2, 0.25) is 5.91 Å². The lowest BCUT2D eigenvalue weighted by molar-refractivity contribution is -0.119. The number of anilines is 1. The molecule has 0 aliphatic carbocycles. The van der Waals surface area contributed by atoms with Crippen molar-refractivity contribution in [2.24, 2.45) is 0 Å². The lowest BCUT2D eigenvalue weighted by atomic mass is 10.1. The second kappa shape index (κ2) is 8.76. The van der Waals surface area contributed by atoms with Crippen LogP contribution in [0.4, 0.5) is 10.1 Å². The summed E-state index contributed by atoms with van der Waals surface area (Å²) >= 11 is 0. The number of ether oxygens (including phenoxy) is 2. The SMILES string of the molecule is COc1ccc(CCNC(=O)CNc2ccc(F)cc2)cc1OC. The summed E-state index contributed by atoms with van der Waals surface area (Å²) in [4.78, 5) is 11.8. The molecule has 2 aromatic rings. The van der Waals surface area contributed by atoms with Gasteiger partial charge in [0, 0.05) is 12.2 Å². The molecule has 2 rings (SSSR count). The highest BCUT2D eigenvalue weighted by Crippen LogP contribution is 2.27. The maximum Gasteiger partial charge on any atom is 0.239 e. The Labute approximate surface area is 140 Å². The van der Waals surface area contributed by atoms with E-state index in [4.69, 9.17) is 9.47 Å². The van der Waals surface area contributed by atoms with E-state index in [1.165, 1.54) is 12.1 Å². The van der Waals surface area contributed by atoms with Gasteiger partial charge >= 0.3 is 0 Å². The van der Waals surface area contributed by atoms with E-state index in [2.05, 4.69) is 10.6 Å². The lowest BCUT2D eigenvalue weighted by Crippen LogP contribution is -2.31. The number of halogens is 1. The quantitative estimate of drug-likeness (QED) is 0.780. The molecule has 128 valence electrons. The van der Waals surface area contributed by atoms with Crippen molar-refractivity contribution >= 4 is 11.6 Å². The van der Waals surface area contributed by atoms with Gasteiger partial charge in [-0.3, -0.25) is 4.79 Å². The number of rotatable bonds is 8. The van der Waals surface area contributed by atoms with Crippen LogP contribution < -0.4 is 20.1 Å². The summed E-state index contributed by atoms with van der Waals surface area (Å²) < 4.78 is 23.2. The Kier molecular flexibility index (Phi) is 6.42. The number of benzene rings is 2. The van der Waals surface area contributed by atoms with Crippen molar-refractivity contribution in [2.75, 3.05) is 32.6 Å². The zero-order chi connectivity index (χ0) is 17.4. The van der Waals surface area contributed by atoms with Gasteiger partial charge in [-0.1, -0.05) is 6.07 Å². The summed E-state index contributed by atoms with van der Waals surface area (Å²) in [7, 11) is 3.18. The monoisotopic (exact) mass is 332 g/mol. The van der Waals surface area contributed by atoms with Crippen molar-refractivity contribution in [3.05, 3.63) is 53.8 Å². The first-order chi connectivity index (χ1) is 11.6. The van der Waals surface area contributed by atoms with Crippen LogP contribution in [-0.2, 0) is 11.2 Å². The number of carbonyl (C=O) groups is 1. The highest BCUT2D eigenvalue weighted by Gasteiger charge is 2.05. The number of nitrogens with one attached hydrogen (secondary N) is 2. The molecule has 0 fully saturated rings. The van der Waals surface area contributed by atoms with Crippen LogP contribution in [0.5, 0.6) is 11.5 Å². The molecule has 0 spiro atoms. The Morgan fingerprint density at radius 1 is 1.04 bits per heavy atom. The number of amides is 1. The van der Waals surface area contributed by atoms with E-state index in [0.717, 1.165) is 5.56 Å². The third-order valence-corrected chi connectivity index (χ3v) is 3.48. The third kappa shape index (κ3) is 5.15. The molecule has 1 amide bonds. The van der Waals surface area contributed by atoms with Gasteiger partial charge in [-0.2, -0.15) is 0 Å². The van der Waals surface area contributed by atoms with E-state index in [-0.39, 0.29) is 18.3 Å². The molecule has 0 radical (unpaired) electrons. The van der Waals surface area contributed by atoms with Crippen LogP contribution in [0.2, 0.25) is 0 Å². The molecule has 0 saturated carbocycles. The normalized spacial score (nSPS) is 10.1. The van der Waals surface area contributed by atoms with Crippen molar-refractivity contribution in [3.8, 4) is 11.5 Å². The second-order valence-corrected chi connectivity index (χ2v) is 5.15. The summed E-state index contributed by atoms with van der Waals surface area (Å²) in [5.74, 6) is 0.910. The summed E-state index contributed by atoms with van der Waals surface area (Å²) in [6.07, 6.45) is 0.683. The Morgan fingerprint density at radius 3 is 2.42 bits per heavy atom. The van der Waals surface area contributed by atoms with Crippen LogP contribution in [-0.4, -0.2) is 33.2 Å². The van der Waals surface area contributed by atoms with Crippen LogP contribution in [0.1, 0.15) is 5.56 Å². The molecule has 0 saturated heterocycles. The number of hydrogen-bond acceptors (Lipinski definition) is 4. The fourth-order valence-corrected chi connectivity index (χ4v) is 2.19. The Morgan fingerprint density at radius 2 is 1.75 bits per heavy atom. The molecular weight excluding hydrogens is 311 g/mol. The molecule has 0 heterocycles. The lowest BCUT2D eigenvalue weighted by Gasteiger charge is -2.10. The van der Waals surface area contributed by atoms with E-state index in [1.54, 1.807) is 26.4 Å². The molecule has 5 nitrogen and oxygen atoms in total. The molecule has 0 aliphatic heterocycles. The van der Waals surface area contributed by atoms with E-state index in [9.17, 15) is 9.18 Å². The van der Waals surface area contributed by atoms with E-state index in [0.29, 0.717) is 30.2 Å². The van der Waals surface area contributed by atoms with Crippen LogP contribution in [0.25, 0.3) is 0 Å². The minimum Gasteiger partial charge on any atom is -0.493 e. The molecule has 24 heavy (non-hydrogen) atoms. The molecule has 6 heteroatoms. The van der Waals surface area contributed by atoms with Crippen LogP contribution in [0.3, 0.4) is 0 Å². The van der Waals surface area contributed by atoms with Crippen molar-refractivity contribution in [1.29, 1.82) is 0 Å². The van der Waals surface area contributed by atoms with Gasteiger partial charge in [0.05, 0.1) is 20.8 Å². The maximum atomic E-state index is 12.8. The summed E-state index contributed by atoms with van der Waals surface area (Å²) in [5, 5.41) is 5.77. The minimum atomic E-state index is -0.306. The fraction of sp³-hybridized carbons (Fsp3) is 0.278. The third-order valence-electron chi connectivity index (χ3n) is 3.48. The van der Waals surface area contributed by atoms with Gasteiger partial charge in [0.15, 0.2) is 11.5 Å². The smallest absolute Gasteiger partial charge is 0.239 e. The van der Waals surface area contributed by atoms with E-state index >= 15 is 0 Å². The Bertz CT molecular complexity index is 674. The van der Waals surface area contributed by atoms with Crippen LogP contribution >= 0.6 is 0 Å². The molecular formula is C18H21FN2O3. The van der Waals surface area contributed by atoms with Crippen LogP contribution in [0.15, 0.2) is 42.5 Å². The molecule has 2 aromatic carbocycles. The molecule has 0 aliphatic rings. The van der Waals surface area contributed by atoms with Crippen molar-refractivity contribution in [3.63, 3.8) is 0 Å². The highest BCUT2D eigenvalue weighted by molar-refractivity contribution is 5.80. The maximum absolute atomic E-state index is 12.8. The standard InChI is InChI=1S/C18H21FN2O3/c1-23-16-8-3-13(11-17(16)24-2)9-10-20-18(22)12-21-15-6-4-14(19)5-7-15/h3-8,11,21H,9-10,12H2,1-2H3,(H,20,22). The van der Waals surface area contributed by atoms with Gasteiger partial charge in [-0.15, -0.1) is 0 Å². The first kappa shape index (κ1) is 17.6. The molecule has 0 unspecified atom stereocenters. The van der Waals surface area contributed by atoms with Crippen molar-refractivity contribution in [1.82, 2.24) is 5.32 Å². The zero-order valence-corrected chi connectivity index (χ0v) is 13.8. The van der Waals surface area contributed by atoms with Gasteiger partial charge in [0.25, 0.3) is 0 Å². The predicted octanol–water partition coefficient (Wildman–Crippen LogP) is 2.61. The Balaban J connectivity index is 1.75. The number of methoxy groups -OCH3 is 2. The Hall–Kier alpha value is -2.76. The average Bonchev–Trinajstić information content (AvgIpc) is 2.61. The second-order valence-electron chi connectivity index (χ2n) is 5.15. The molecule has 0 bridgehead atoms. The zero-order valence-electron chi connectivity index (χ0n) is 13.8. The number of carbonyl (C=O) groups excluding carboxylic acids is 1. The molecule has 0 atom stereocenters. The molecule has 0 aromatic heterocycles. The van der Waals surface area contributed by atoms with Crippen LogP contribution in [0, 0.1) is 5.82 Å². The summed E-state index contributed by atoms with van der Waals surface area (Å²) in [5.41, 5.74) is 1.74. The first-order valence-electron chi connectivity index (χ1n) is 7.59. The first-order valence-corrected chi connectivity index (χ1v) is 7.59. The van der Waals surface area contributed by atoms with Gasteiger partial charge in [0.1, 0.15) is 5.82 Å². The minimum absolute atomic E-state index is 0.125. The molecule has 2 N–H and O–H groups in total. The highest BCUT2D eigenvalue weighted by atomic mass is 19.1. The van der Waals surface area contributed by atoms with Crippen molar-refractivity contribution < 1.29 is 18.7 Å². The topological polar surface area (TPSA) is 59.6 Å². The largest absolute Gasteiger partial charge is 0.493 e. The summed E-state index contributed by atoms with van der Waals surface area (Å²) in [6.45, 7) is 0.650. The van der Waals surface area contributed by atoms with Gasteiger partial charge in [-0.05, 0) is 48.4 Å². The fourth-order valence-electron chi connectivity index (χ4n) is 2.19. The van der Waals surface area contributed by atoms with E-state index < -0.39 is 0 Å². The van der Waals surface area contributed by atoms with Crippen molar-refractivity contribution in [2.45, 2.75) is 6.42 Å². The number of hydrogen-bond donors (Lipinski definition) is 2. The van der Waals surface area contributed by atoms with Gasteiger partial charge in [-0.25, -0.2) is 4.39 Å². The average molecular weight is 332 g/mol. The summed E-state index contributed by atoms with van der Waals surface area (Å²) in [6, 6.07) is 11.5. The van der Waals surface area contributed by atoms with Gasteiger partial charge < -0.3 is 20.1 Å². The predicted molar refractivity (Wildman–Crippen MR) is 91.1 cm³/mol. The van der Waals surface area contributed by atoms with E-state index in [1.807, 2.05) is 18.2 Å².